The number of hydrogen-bond acceptors (Lipinski definition) is 6. The summed E-state index contributed by atoms with van der Waals surface area (Å²) in [4.78, 5) is 45.5. The minimum Gasteiger partial charge on any atom is -0.478 e. The minimum absolute atomic E-state index is 0.0621. The second kappa shape index (κ2) is 9.26. The van der Waals surface area contributed by atoms with Crippen molar-refractivity contribution in [1.82, 2.24) is 9.97 Å². The number of ether oxygens (including phenoxy) is 1. The number of anilines is 1. The monoisotopic (exact) mass is 473 g/mol. The molecule has 0 aliphatic heterocycles. The lowest BCUT2D eigenvalue weighted by Gasteiger charge is -2.30. The van der Waals surface area contributed by atoms with Crippen LogP contribution in [0.5, 0.6) is 0 Å². The van der Waals surface area contributed by atoms with Gasteiger partial charge in [-0.2, -0.15) is 0 Å². The molecule has 0 bridgehead atoms. The number of nitrogens with one attached hydrogen (secondary N) is 1. The molecule has 1 atom stereocenters. The molecule has 8 heteroatoms. The minimum atomic E-state index is -0.989. The van der Waals surface area contributed by atoms with Crippen LogP contribution >= 0.6 is 0 Å². The summed E-state index contributed by atoms with van der Waals surface area (Å²) in [6.45, 7) is 5.51. The molecule has 1 aromatic heterocycles. The molecule has 1 aliphatic carbocycles. The van der Waals surface area contributed by atoms with Crippen molar-refractivity contribution >= 4 is 28.5 Å². The molecule has 1 aliphatic rings. The first-order valence-corrected chi connectivity index (χ1v) is 11.3. The van der Waals surface area contributed by atoms with Crippen molar-refractivity contribution < 1.29 is 19.4 Å². The van der Waals surface area contributed by atoms with E-state index in [0.29, 0.717) is 23.3 Å². The van der Waals surface area contributed by atoms with Gasteiger partial charge in [-0.05, 0) is 81.1 Å². The summed E-state index contributed by atoms with van der Waals surface area (Å²) in [7, 11) is 0. The fourth-order valence-electron chi connectivity index (χ4n) is 4.29. The second-order valence-corrected chi connectivity index (χ2v) is 9.65. The highest BCUT2D eigenvalue weighted by molar-refractivity contribution is 5.88. The number of esters is 1. The van der Waals surface area contributed by atoms with Gasteiger partial charge in [0.25, 0.3) is 5.56 Å². The summed E-state index contributed by atoms with van der Waals surface area (Å²) in [6.07, 6.45) is 7.23. The van der Waals surface area contributed by atoms with Crippen LogP contribution < -0.4 is 10.5 Å². The molecule has 180 valence electrons. The van der Waals surface area contributed by atoms with Crippen molar-refractivity contribution in [3.8, 4) is 12.3 Å². The third-order valence-electron chi connectivity index (χ3n) is 6.10. The lowest BCUT2D eigenvalue weighted by Crippen LogP contribution is -2.28. The summed E-state index contributed by atoms with van der Waals surface area (Å²) in [5, 5.41) is 9.64. The number of aromatic nitrogens is 2. The lowest BCUT2D eigenvalue weighted by atomic mass is 9.97. The van der Waals surface area contributed by atoms with E-state index in [-0.39, 0.29) is 29.7 Å². The molecule has 0 saturated carbocycles. The molecule has 8 nitrogen and oxygen atoms in total. The van der Waals surface area contributed by atoms with Gasteiger partial charge in [0.1, 0.15) is 12.4 Å². The zero-order valence-corrected chi connectivity index (χ0v) is 19.9. The predicted molar refractivity (Wildman–Crippen MR) is 132 cm³/mol. The predicted octanol–water partition coefficient (Wildman–Crippen LogP) is 3.84. The molecule has 0 amide bonds. The van der Waals surface area contributed by atoms with Gasteiger partial charge in [-0.25, -0.2) is 9.78 Å². The lowest BCUT2D eigenvalue weighted by molar-refractivity contribution is -0.154. The van der Waals surface area contributed by atoms with Crippen LogP contribution in [0.3, 0.4) is 0 Å². The number of nitrogens with zero attached hydrogens (tertiary/aromatic N) is 2. The summed E-state index contributed by atoms with van der Waals surface area (Å²) < 4.78 is 5.30. The Hall–Kier alpha value is -4.12. The topological polar surface area (TPSA) is 113 Å². The molecule has 2 N–H and O–H groups in total. The Morgan fingerprint density at radius 1 is 1.26 bits per heavy atom. The Bertz CT molecular complexity index is 1390. The number of benzene rings is 2. The van der Waals surface area contributed by atoms with E-state index in [2.05, 4.69) is 15.9 Å². The van der Waals surface area contributed by atoms with Gasteiger partial charge in [0, 0.05) is 5.69 Å². The standard InChI is InChI=1S/C27H27N3O5/c1-5-12-30(18-9-6-16(7-10-18)25(32)33)22-11-8-17-13-21-20(14-19(17)22)24(31)29-23(28-21)15-35-26(34)27(2,3)4/h1,6-7,9-10,13-14,22H,8,11-12,15H2,2-4H3,(H,32,33)(H,28,29,31). The van der Waals surface area contributed by atoms with Crippen molar-refractivity contribution in [3.05, 3.63) is 69.3 Å². The number of carboxylic acid groups (broad SMARTS) is 1. The Balaban J connectivity index is 1.66. The molecule has 1 unspecified atom stereocenters. The molecule has 0 fully saturated rings. The number of aryl methyl sites for hydroxylation is 1. The molecule has 2 aromatic carbocycles. The maximum absolute atomic E-state index is 12.9. The number of carbonyl (C=O) groups excluding carboxylic acids is 1. The Morgan fingerprint density at radius 3 is 2.60 bits per heavy atom. The van der Waals surface area contributed by atoms with E-state index in [1.165, 1.54) is 0 Å². The van der Waals surface area contributed by atoms with Gasteiger partial charge in [-0.15, -0.1) is 6.42 Å². The molecule has 35 heavy (non-hydrogen) atoms. The van der Waals surface area contributed by atoms with Gasteiger partial charge in [0.15, 0.2) is 0 Å². The number of carbonyl (C=O) groups is 2. The van der Waals surface area contributed by atoms with Crippen LogP contribution in [0.25, 0.3) is 10.9 Å². The van der Waals surface area contributed by atoms with Crippen molar-refractivity contribution in [3.63, 3.8) is 0 Å². The first-order valence-electron chi connectivity index (χ1n) is 11.3. The number of terminal acetylenes is 1. The zero-order valence-electron chi connectivity index (χ0n) is 19.9. The average molecular weight is 474 g/mol. The zero-order chi connectivity index (χ0) is 25.3. The molecular weight excluding hydrogens is 446 g/mol. The molecule has 1 heterocycles. The summed E-state index contributed by atoms with van der Waals surface area (Å²) in [5.41, 5.74) is 2.67. The molecule has 0 saturated heterocycles. The van der Waals surface area contributed by atoms with Crippen LogP contribution in [0.2, 0.25) is 0 Å². The van der Waals surface area contributed by atoms with Crippen LogP contribution in [0.1, 0.15) is 60.5 Å². The first kappa shape index (κ1) is 24.0. The smallest absolute Gasteiger partial charge is 0.335 e. The molecule has 0 spiro atoms. The number of carboxylic acids is 1. The number of hydrogen-bond donors (Lipinski definition) is 2. The third-order valence-corrected chi connectivity index (χ3v) is 6.10. The van der Waals surface area contributed by atoms with Crippen LogP contribution in [-0.4, -0.2) is 33.6 Å². The summed E-state index contributed by atoms with van der Waals surface area (Å²) in [5.74, 6) is 1.62. The van der Waals surface area contributed by atoms with Crippen LogP contribution in [0.4, 0.5) is 5.69 Å². The Kier molecular flexibility index (Phi) is 6.35. The first-order chi connectivity index (χ1) is 16.6. The van der Waals surface area contributed by atoms with Gasteiger partial charge in [0.2, 0.25) is 0 Å². The average Bonchev–Trinajstić information content (AvgIpc) is 3.21. The number of aromatic carboxylic acids is 1. The fourth-order valence-corrected chi connectivity index (χ4v) is 4.29. The van der Waals surface area contributed by atoms with E-state index in [9.17, 15) is 19.5 Å². The van der Waals surface area contributed by atoms with Crippen molar-refractivity contribution in [2.24, 2.45) is 5.41 Å². The van der Waals surface area contributed by atoms with Crippen LogP contribution in [0, 0.1) is 17.8 Å². The van der Waals surface area contributed by atoms with Gasteiger partial charge >= 0.3 is 11.9 Å². The number of rotatable bonds is 6. The largest absolute Gasteiger partial charge is 0.478 e. The number of aromatic amines is 1. The third kappa shape index (κ3) is 4.90. The maximum atomic E-state index is 12.9. The quantitative estimate of drug-likeness (QED) is 0.413. The van der Waals surface area contributed by atoms with Crippen molar-refractivity contribution in [2.75, 3.05) is 11.4 Å². The van der Waals surface area contributed by atoms with Gasteiger partial charge in [-0.1, -0.05) is 5.92 Å². The highest BCUT2D eigenvalue weighted by Gasteiger charge is 2.29. The Morgan fingerprint density at radius 2 is 1.97 bits per heavy atom. The van der Waals surface area contributed by atoms with Crippen molar-refractivity contribution in [1.29, 1.82) is 0 Å². The SMILES string of the molecule is C#CCN(c1ccc(C(=O)O)cc1)C1CCc2cc3nc(COC(=O)C(C)(C)C)[nH]c(=O)c3cc21. The van der Waals surface area contributed by atoms with E-state index < -0.39 is 11.4 Å². The van der Waals surface area contributed by atoms with Crippen LogP contribution in [-0.2, 0) is 22.6 Å². The molecule has 4 rings (SSSR count). The van der Waals surface area contributed by atoms with E-state index in [4.69, 9.17) is 11.2 Å². The van der Waals surface area contributed by atoms with Gasteiger partial charge in [-0.3, -0.25) is 9.59 Å². The van der Waals surface area contributed by atoms with E-state index in [1.807, 2.05) is 17.0 Å². The van der Waals surface area contributed by atoms with Crippen molar-refractivity contribution in [2.45, 2.75) is 46.3 Å². The highest BCUT2D eigenvalue weighted by Crippen LogP contribution is 2.39. The van der Waals surface area contributed by atoms with E-state index in [0.717, 1.165) is 29.7 Å². The van der Waals surface area contributed by atoms with Gasteiger partial charge in [0.05, 0.1) is 34.5 Å². The maximum Gasteiger partial charge on any atom is 0.335 e. The van der Waals surface area contributed by atoms with E-state index >= 15 is 0 Å². The molecule has 0 radical (unpaired) electrons. The van der Waals surface area contributed by atoms with Crippen LogP contribution in [0.15, 0.2) is 41.2 Å². The van der Waals surface area contributed by atoms with E-state index in [1.54, 1.807) is 45.0 Å². The molecule has 3 aromatic rings. The fraction of sp³-hybridized carbons (Fsp3) is 0.333. The number of H-pyrrole nitrogens is 1. The summed E-state index contributed by atoms with van der Waals surface area (Å²) in [6, 6.07) is 10.3. The highest BCUT2D eigenvalue weighted by atomic mass is 16.5. The molecular formula is C27H27N3O5. The summed E-state index contributed by atoms with van der Waals surface area (Å²) >= 11 is 0. The number of fused-ring (bicyclic) bond motifs is 2. The normalized spacial score (nSPS) is 14.9. The van der Waals surface area contributed by atoms with Gasteiger partial charge < -0.3 is 19.7 Å². The second-order valence-electron chi connectivity index (χ2n) is 9.65. The Labute approximate surface area is 202 Å².